The Kier molecular flexibility index (Phi) is 4.60. The summed E-state index contributed by atoms with van der Waals surface area (Å²) in [5.74, 6) is 2.00. The van der Waals surface area contributed by atoms with Crippen LogP contribution >= 0.6 is 0 Å². The Balaban J connectivity index is 2.26. The third-order valence-electron chi connectivity index (χ3n) is 3.67. The third-order valence-corrected chi connectivity index (χ3v) is 3.67. The summed E-state index contributed by atoms with van der Waals surface area (Å²) < 4.78 is 7.51. The Hall–Kier alpha value is -1.62. The van der Waals surface area contributed by atoms with Gasteiger partial charge in [-0.15, -0.1) is 5.10 Å². The molecule has 0 aliphatic rings. The van der Waals surface area contributed by atoms with Crippen LogP contribution in [-0.2, 0) is 13.5 Å². The van der Waals surface area contributed by atoms with Crippen LogP contribution in [-0.4, -0.2) is 21.5 Å². The molecule has 2 aromatic rings. The zero-order valence-corrected chi connectivity index (χ0v) is 13.0. The van der Waals surface area contributed by atoms with Crippen LogP contribution in [0.3, 0.4) is 0 Å². The number of aromatic nitrogens is 3. The quantitative estimate of drug-likeness (QED) is 0.881. The van der Waals surface area contributed by atoms with E-state index >= 15 is 0 Å². The first-order valence-electron chi connectivity index (χ1n) is 7.18. The first kappa shape index (κ1) is 14.8. The van der Waals surface area contributed by atoms with Crippen molar-refractivity contribution in [3.8, 4) is 0 Å². The molecule has 0 bridgehead atoms. The van der Waals surface area contributed by atoms with Gasteiger partial charge >= 0.3 is 0 Å². The molecule has 0 saturated heterocycles. The SMILES string of the molecule is CCCNC(Cc1cn(C)nn1)c1c(C)oc(C)c1C. The molecular formula is C15H24N4O. The highest BCUT2D eigenvalue weighted by atomic mass is 16.3. The number of hydrogen-bond donors (Lipinski definition) is 1. The van der Waals surface area contributed by atoms with E-state index in [4.69, 9.17) is 4.42 Å². The predicted molar refractivity (Wildman–Crippen MR) is 78.7 cm³/mol. The number of aryl methyl sites for hydroxylation is 3. The topological polar surface area (TPSA) is 55.9 Å². The van der Waals surface area contributed by atoms with E-state index in [2.05, 4.69) is 29.5 Å². The van der Waals surface area contributed by atoms with E-state index in [9.17, 15) is 0 Å². The van der Waals surface area contributed by atoms with Gasteiger partial charge in [0.05, 0.1) is 5.69 Å². The van der Waals surface area contributed by atoms with Gasteiger partial charge in [-0.3, -0.25) is 4.68 Å². The summed E-state index contributed by atoms with van der Waals surface area (Å²) in [5.41, 5.74) is 3.50. The molecule has 0 radical (unpaired) electrons. The standard InChI is InChI=1S/C15H24N4O/c1-6-7-16-14(8-13-9-19(5)18-17-13)15-10(2)11(3)20-12(15)4/h9,14,16H,6-8H2,1-5H3. The molecule has 110 valence electrons. The van der Waals surface area contributed by atoms with Crippen LogP contribution in [0.25, 0.3) is 0 Å². The Morgan fingerprint density at radius 2 is 2.05 bits per heavy atom. The summed E-state index contributed by atoms with van der Waals surface area (Å²) in [7, 11) is 1.89. The minimum absolute atomic E-state index is 0.226. The Labute approximate surface area is 120 Å². The predicted octanol–water partition coefficient (Wildman–Crippen LogP) is 2.62. The van der Waals surface area contributed by atoms with Crippen molar-refractivity contribution < 1.29 is 4.42 Å². The van der Waals surface area contributed by atoms with E-state index in [1.807, 2.05) is 27.1 Å². The van der Waals surface area contributed by atoms with Crippen LogP contribution in [0.15, 0.2) is 10.6 Å². The minimum Gasteiger partial charge on any atom is -0.466 e. The lowest BCUT2D eigenvalue weighted by Gasteiger charge is -2.18. The van der Waals surface area contributed by atoms with Crippen LogP contribution in [0.4, 0.5) is 0 Å². The molecule has 5 heteroatoms. The summed E-state index contributed by atoms with van der Waals surface area (Å²) in [6.45, 7) is 9.33. The normalized spacial score (nSPS) is 12.8. The molecule has 20 heavy (non-hydrogen) atoms. The van der Waals surface area contributed by atoms with Gasteiger partial charge in [0, 0.05) is 31.3 Å². The van der Waals surface area contributed by atoms with Crippen molar-refractivity contribution in [3.05, 3.63) is 34.5 Å². The summed E-state index contributed by atoms with van der Waals surface area (Å²) in [6.07, 6.45) is 3.90. The van der Waals surface area contributed by atoms with Crippen molar-refractivity contribution in [2.75, 3.05) is 6.54 Å². The lowest BCUT2D eigenvalue weighted by Crippen LogP contribution is -2.25. The highest BCUT2D eigenvalue weighted by Crippen LogP contribution is 2.29. The summed E-state index contributed by atoms with van der Waals surface area (Å²) in [4.78, 5) is 0. The number of hydrogen-bond acceptors (Lipinski definition) is 4. The van der Waals surface area contributed by atoms with Crippen molar-refractivity contribution in [3.63, 3.8) is 0 Å². The summed E-state index contributed by atoms with van der Waals surface area (Å²) >= 11 is 0. The van der Waals surface area contributed by atoms with E-state index in [1.165, 1.54) is 11.1 Å². The van der Waals surface area contributed by atoms with E-state index < -0.39 is 0 Å². The van der Waals surface area contributed by atoms with Gasteiger partial charge in [-0.25, -0.2) is 0 Å². The Morgan fingerprint density at radius 3 is 2.55 bits per heavy atom. The van der Waals surface area contributed by atoms with E-state index in [0.717, 1.165) is 36.6 Å². The van der Waals surface area contributed by atoms with Crippen molar-refractivity contribution >= 4 is 0 Å². The van der Waals surface area contributed by atoms with Gasteiger partial charge in [0.1, 0.15) is 11.5 Å². The van der Waals surface area contributed by atoms with Gasteiger partial charge in [-0.2, -0.15) is 0 Å². The second-order valence-corrected chi connectivity index (χ2v) is 5.35. The average Bonchev–Trinajstić information content (AvgIpc) is 2.90. The maximum atomic E-state index is 5.77. The van der Waals surface area contributed by atoms with Crippen molar-refractivity contribution in [1.82, 2.24) is 20.3 Å². The highest BCUT2D eigenvalue weighted by Gasteiger charge is 2.21. The smallest absolute Gasteiger partial charge is 0.106 e. The first-order chi connectivity index (χ1) is 9.52. The molecule has 1 unspecified atom stereocenters. The maximum absolute atomic E-state index is 5.77. The lowest BCUT2D eigenvalue weighted by atomic mass is 9.98. The van der Waals surface area contributed by atoms with Gasteiger partial charge < -0.3 is 9.73 Å². The molecule has 0 aliphatic carbocycles. The summed E-state index contributed by atoms with van der Waals surface area (Å²) in [5, 5.41) is 11.8. The zero-order chi connectivity index (χ0) is 14.7. The molecule has 2 heterocycles. The molecule has 0 aliphatic heterocycles. The van der Waals surface area contributed by atoms with Crippen molar-refractivity contribution in [2.45, 2.75) is 46.6 Å². The fourth-order valence-electron chi connectivity index (χ4n) is 2.61. The summed E-state index contributed by atoms with van der Waals surface area (Å²) in [6, 6.07) is 0.226. The number of rotatable bonds is 6. The second-order valence-electron chi connectivity index (χ2n) is 5.35. The van der Waals surface area contributed by atoms with Crippen LogP contribution in [0, 0.1) is 20.8 Å². The number of nitrogens with zero attached hydrogens (tertiary/aromatic N) is 3. The molecule has 1 atom stereocenters. The van der Waals surface area contributed by atoms with Crippen LogP contribution < -0.4 is 5.32 Å². The molecule has 0 amide bonds. The molecule has 2 rings (SSSR count). The third kappa shape index (κ3) is 3.10. The molecule has 0 aromatic carbocycles. The molecule has 0 saturated carbocycles. The molecule has 0 spiro atoms. The molecule has 1 N–H and O–H groups in total. The number of furan rings is 1. The van der Waals surface area contributed by atoms with Gasteiger partial charge in [0.15, 0.2) is 0 Å². The Morgan fingerprint density at radius 1 is 1.30 bits per heavy atom. The molecule has 0 fully saturated rings. The van der Waals surface area contributed by atoms with Gasteiger partial charge in [0.2, 0.25) is 0 Å². The lowest BCUT2D eigenvalue weighted by molar-refractivity contribution is 0.478. The molecule has 2 aromatic heterocycles. The van der Waals surface area contributed by atoms with Crippen molar-refractivity contribution in [1.29, 1.82) is 0 Å². The van der Waals surface area contributed by atoms with Crippen LogP contribution in [0.1, 0.15) is 47.7 Å². The zero-order valence-electron chi connectivity index (χ0n) is 13.0. The average molecular weight is 276 g/mol. The van der Waals surface area contributed by atoms with Gasteiger partial charge in [0.25, 0.3) is 0 Å². The molecule has 5 nitrogen and oxygen atoms in total. The largest absolute Gasteiger partial charge is 0.466 e. The highest BCUT2D eigenvalue weighted by molar-refractivity contribution is 5.35. The van der Waals surface area contributed by atoms with E-state index in [0.29, 0.717) is 0 Å². The van der Waals surface area contributed by atoms with Crippen LogP contribution in [0.5, 0.6) is 0 Å². The van der Waals surface area contributed by atoms with E-state index in [1.54, 1.807) is 4.68 Å². The monoisotopic (exact) mass is 276 g/mol. The first-order valence-corrected chi connectivity index (χ1v) is 7.18. The van der Waals surface area contributed by atoms with E-state index in [-0.39, 0.29) is 6.04 Å². The fourth-order valence-corrected chi connectivity index (χ4v) is 2.61. The molecular weight excluding hydrogens is 252 g/mol. The van der Waals surface area contributed by atoms with Gasteiger partial charge in [-0.05, 0) is 39.3 Å². The van der Waals surface area contributed by atoms with Crippen molar-refractivity contribution in [2.24, 2.45) is 7.05 Å². The van der Waals surface area contributed by atoms with Gasteiger partial charge in [-0.1, -0.05) is 12.1 Å². The maximum Gasteiger partial charge on any atom is 0.106 e. The number of nitrogens with one attached hydrogen (secondary N) is 1. The minimum atomic E-state index is 0.226. The second kappa shape index (κ2) is 6.22. The van der Waals surface area contributed by atoms with Crippen LogP contribution in [0.2, 0.25) is 0 Å². The fraction of sp³-hybridized carbons (Fsp3) is 0.600. The Bertz CT molecular complexity index is 570.